The Bertz CT molecular complexity index is 6740. The van der Waals surface area contributed by atoms with Gasteiger partial charge in [-0.15, -0.1) is 11.3 Å². The Balaban J connectivity index is 0.000000132. The highest BCUT2D eigenvalue weighted by Crippen LogP contribution is 2.51. The molecule has 0 saturated carbocycles. The molecule has 6 aromatic heterocycles. The zero-order valence-corrected chi connectivity index (χ0v) is 58.0. The van der Waals surface area contributed by atoms with Crippen molar-refractivity contribution in [3.05, 3.63) is 340 Å². The molecule has 0 bridgehead atoms. The molecule has 0 amide bonds. The largest absolute Gasteiger partial charge is 0.471 e. The van der Waals surface area contributed by atoms with Gasteiger partial charge in [-0.25, -0.2) is 0 Å². The number of benzene rings is 14. The van der Waals surface area contributed by atoms with E-state index in [2.05, 4.69) is 337 Å². The molecule has 14 aromatic carbocycles. The molecule has 7 nitrogen and oxygen atoms in total. The van der Waals surface area contributed by atoms with E-state index in [1.54, 1.807) is 0 Å². The third kappa shape index (κ3) is 9.51. The highest BCUT2D eigenvalue weighted by molar-refractivity contribution is 7.99. The minimum Gasteiger partial charge on any atom is -0.471 e. The first kappa shape index (κ1) is 60.1. The third-order valence-corrected chi connectivity index (χ3v) is 24.0. The van der Waals surface area contributed by atoms with E-state index in [4.69, 9.17) is 22.1 Å². The molecule has 488 valence electrons. The molecule has 0 fully saturated rings. The van der Waals surface area contributed by atoms with Gasteiger partial charge in [-0.3, -0.25) is 0 Å². The van der Waals surface area contributed by atoms with Gasteiger partial charge in [-0.1, -0.05) is 252 Å². The van der Waals surface area contributed by atoms with Gasteiger partial charge < -0.3 is 31.9 Å². The van der Waals surface area contributed by atoms with Crippen LogP contribution in [0.3, 0.4) is 0 Å². The van der Waals surface area contributed by atoms with Gasteiger partial charge in [0, 0.05) is 85.0 Å². The molecule has 0 atom stereocenters. The van der Waals surface area contributed by atoms with Gasteiger partial charge in [-0.05, 0) is 143 Å². The van der Waals surface area contributed by atoms with Crippen molar-refractivity contribution in [3.63, 3.8) is 0 Å². The van der Waals surface area contributed by atoms with Crippen molar-refractivity contribution in [1.82, 2.24) is 0 Å². The van der Waals surface area contributed by atoms with Crippen LogP contribution in [0.15, 0.2) is 372 Å². The van der Waals surface area contributed by atoms with Gasteiger partial charge in [0.15, 0.2) is 0 Å². The number of hydrogen-bond donors (Lipinski definition) is 0. The highest BCUT2D eigenvalue weighted by atomic mass is 32.2. The Morgan fingerprint density at radius 3 is 1.09 bits per heavy atom. The Labute approximate surface area is 613 Å². The van der Waals surface area contributed by atoms with Crippen LogP contribution in [0.5, 0.6) is 0 Å². The second-order valence-corrected chi connectivity index (χ2v) is 29.7. The zero-order chi connectivity index (χ0) is 68.8. The van der Waals surface area contributed by atoms with Crippen LogP contribution >= 0.6 is 23.1 Å². The molecule has 0 aliphatic carbocycles. The first-order valence-corrected chi connectivity index (χ1v) is 37.4. The van der Waals surface area contributed by atoms with Gasteiger partial charge in [-0.2, -0.15) is 0 Å². The molecule has 23 rings (SSSR count). The number of para-hydroxylation sites is 9. The molecule has 3 aliphatic rings. The summed E-state index contributed by atoms with van der Waals surface area (Å²) in [6, 6.07) is 121. The fourth-order valence-corrected chi connectivity index (χ4v) is 19.5. The molecular weight excluding hydrogens is 1320 g/mol. The van der Waals surface area contributed by atoms with E-state index in [1.807, 2.05) is 35.2 Å². The summed E-state index contributed by atoms with van der Waals surface area (Å²) in [5, 5.41) is 9.29. The maximum Gasteiger partial charge on any atom is 0.290 e. The zero-order valence-electron chi connectivity index (χ0n) is 56.4. The molecule has 105 heavy (non-hydrogen) atoms. The number of anilines is 6. The average molecular weight is 1380 g/mol. The molecule has 20 aromatic rings. The smallest absolute Gasteiger partial charge is 0.290 e. The van der Waals surface area contributed by atoms with Crippen LogP contribution < -0.4 is 76.1 Å². The number of nitrogens with zero attached hydrogens (tertiary/aromatic N) is 2. The fraction of sp³-hybridized carbons (Fsp3) is 0. The molecule has 0 N–H and O–H groups in total. The van der Waals surface area contributed by atoms with E-state index in [-0.39, 0.29) is 26.9 Å². The van der Waals surface area contributed by atoms with Gasteiger partial charge in [0.05, 0.1) is 34.0 Å². The summed E-state index contributed by atoms with van der Waals surface area (Å²) in [5.74, 6) is 0. The lowest BCUT2D eigenvalue weighted by Crippen LogP contribution is -2.73. The van der Waals surface area contributed by atoms with E-state index in [0.717, 1.165) is 139 Å². The second-order valence-electron chi connectivity index (χ2n) is 27.5. The first-order chi connectivity index (χ1) is 52.1. The van der Waals surface area contributed by atoms with E-state index >= 15 is 0 Å². The summed E-state index contributed by atoms with van der Waals surface area (Å²) in [5.41, 5.74) is 25.3. The van der Waals surface area contributed by atoms with Crippen LogP contribution in [-0.2, 0) is 0 Å². The quantitative estimate of drug-likeness (QED) is 0.139. The predicted molar refractivity (Wildman–Crippen MR) is 443 cm³/mol. The lowest BCUT2D eigenvalue weighted by molar-refractivity contribution is 0.647. The van der Waals surface area contributed by atoms with Crippen molar-refractivity contribution in [2.45, 2.75) is 9.79 Å². The van der Waals surface area contributed by atoms with Crippen LogP contribution in [0.25, 0.3) is 86.0 Å². The first-order valence-electron chi connectivity index (χ1n) is 35.7. The summed E-state index contributed by atoms with van der Waals surface area (Å²) >= 11 is 3.68. The van der Waals surface area contributed by atoms with E-state index in [9.17, 15) is 0 Å². The molecule has 13 heteroatoms. The Kier molecular flexibility index (Phi) is 13.8. The summed E-state index contributed by atoms with van der Waals surface area (Å²) in [6.45, 7) is -0.644. The van der Waals surface area contributed by atoms with Crippen molar-refractivity contribution < 1.29 is 22.1 Å². The Morgan fingerprint density at radius 2 is 0.590 bits per heavy atom. The molecule has 0 radical (unpaired) electrons. The van der Waals surface area contributed by atoms with Gasteiger partial charge in [0.2, 0.25) is 0 Å². The van der Waals surface area contributed by atoms with E-state index in [1.165, 1.54) is 57.7 Å². The van der Waals surface area contributed by atoms with Gasteiger partial charge >= 0.3 is 0 Å². The van der Waals surface area contributed by atoms with Crippen LogP contribution in [0, 0.1) is 0 Å². The maximum absolute atomic E-state index is 6.99. The molecule has 0 unspecified atom stereocenters. The fourth-order valence-electron chi connectivity index (χ4n) is 17.2. The second kappa shape index (κ2) is 24.0. The van der Waals surface area contributed by atoms with Crippen LogP contribution in [0.1, 0.15) is 0 Å². The molecule has 0 spiro atoms. The minimum atomic E-state index is -0.192. The molecular formula is C92H56B4N2O5S2. The minimum absolute atomic E-state index is 0.127. The number of fused-ring (bicyclic) bond motifs is 20. The number of hydrogen-bond acceptors (Lipinski definition) is 9. The van der Waals surface area contributed by atoms with Crippen molar-refractivity contribution >= 4 is 236 Å². The van der Waals surface area contributed by atoms with Crippen molar-refractivity contribution in [2.75, 3.05) is 9.80 Å². The molecule has 0 saturated heterocycles. The van der Waals surface area contributed by atoms with Crippen molar-refractivity contribution in [2.24, 2.45) is 0 Å². The summed E-state index contributed by atoms with van der Waals surface area (Å²) in [6.07, 6.45) is 0. The normalized spacial score (nSPS) is 13.0. The van der Waals surface area contributed by atoms with Crippen LogP contribution in [0.2, 0.25) is 0 Å². The number of rotatable bonds is 8. The lowest BCUT2D eigenvalue weighted by Gasteiger charge is -2.33. The van der Waals surface area contributed by atoms with Crippen molar-refractivity contribution in [3.8, 4) is 0 Å². The number of thiophene rings is 1. The predicted octanol–water partition coefficient (Wildman–Crippen LogP) is 16.7. The van der Waals surface area contributed by atoms with Crippen molar-refractivity contribution in [1.29, 1.82) is 0 Å². The topological polar surface area (TPSA) is 72.2 Å². The van der Waals surface area contributed by atoms with E-state index in [0.29, 0.717) is 0 Å². The summed E-state index contributed by atoms with van der Waals surface area (Å²) < 4.78 is 36.9. The Morgan fingerprint density at radius 1 is 0.248 bits per heavy atom. The lowest BCUT2D eigenvalue weighted by atomic mass is 9.24. The summed E-state index contributed by atoms with van der Waals surface area (Å²) in [4.78, 5) is 7.17. The monoisotopic (exact) mass is 1380 g/mol. The van der Waals surface area contributed by atoms with Gasteiger partial charge in [0.1, 0.15) is 33.5 Å². The SMILES string of the molecule is c1ccc(N(c2ccccc2)c2ccc(B3c4oc5ccccc5c4B(c4ccc5c(c4)sc4ccccc45)c4oc5ccccc5c43)cc2)cc1.c1ccc2c(c1)Sc1ccccc1N2c1ccc(B2c3oc4ccccc4c3B(c3ccc4c(c3)oc3ccccc34)c3oc4ccccc4c32)cc1. The standard InChI is InChI=1S/C46H27B2NO3S.C46H29B2NO2S/c1-6-16-37-31(11-1)32-26-23-29(27-40(32)50-37)48-44-34-13-3-8-18-39(34)51-45(44)47(43-33-12-2-7-17-38(33)52-46(43)48)28-21-24-30(25-22-28)49-35-14-4-9-19-41(35)53-42-20-10-5-15-36(42)49;1-3-13-32(14-4-1)49(33-15-5-2-6-16-33)34-26-23-30(24-27-34)47-43-37-18-7-10-20-39(37)51-46(43)48(44-38-19-8-11-21-40(38)50-45(44)47)31-25-28-36-35-17-9-12-22-41(35)52-42(36)29-31/h1-27H;1-29H. The third-order valence-electron chi connectivity index (χ3n) is 21.8. The number of furan rings is 5. The molecule has 9 heterocycles. The van der Waals surface area contributed by atoms with Crippen LogP contribution in [0.4, 0.5) is 34.1 Å². The molecule has 3 aliphatic heterocycles. The Hall–Kier alpha value is -12.5. The average Bonchev–Trinajstić information content (AvgIpc) is 1.56. The van der Waals surface area contributed by atoms with Crippen LogP contribution in [-0.4, -0.2) is 26.9 Å². The highest BCUT2D eigenvalue weighted by Gasteiger charge is 2.49. The summed E-state index contributed by atoms with van der Waals surface area (Å²) in [7, 11) is 0. The van der Waals surface area contributed by atoms with Gasteiger partial charge in [0.25, 0.3) is 26.9 Å². The maximum atomic E-state index is 6.99. The van der Waals surface area contributed by atoms with E-state index < -0.39 is 0 Å².